The number of fused-ring (bicyclic) bond motifs is 6. The van der Waals surface area contributed by atoms with Gasteiger partial charge >= 0.3 is 0 Å². The topological polar surface area (TPSA) is 38.0 Å². The predicted molar refractivity (Wildman–Crippen MR) is 276 cm³/mol. The number of hydrogen-bond donors (Lipinski definition) is 2. The third kappa shape index (κ3) is 7.54. The van der Waals surface area contributed by atoms with Crippen LogP contribution in [-0.2, 0) is 10.8 Å². The molecule has 2 nitrogen and oxygen atoms in total. The maximum absolute atomic E-state index is 5.36. The molecule has 0 aliphatic heterocycles. The van der Waals surface area contributed by atoms with Crippen molar-refractivity contribution in [2.45, 2.75) is 10.8 Å². The maximum Gasteiger partial charge on any atom is 0.0713 e. The van der Waals surface area contributed by atoms with Crippen molar-refractivity contribution in [3.8, 4) is 22.3 Å². The molecule has 0 fully saturated rings. The summed E-state index contributed by atoms with van der Waals surface area (Å²) in [6.45, 7) is 0. The smallest absolute Gasteiger partial charge is 0.0713 e. The van der Waals surface area contributed by atoms with Gasteiger partial charge in [-0.25, -0.2) is 0 Å². The van der Waals surface area contributed by atoms with Gasteiger partial charge in [-0.3, -0.25) is 0 Å². The van der Waals surface area contributed by atoms with Gasteiger partial charge < -0.3 is 11.1 Å². The Morgan fingerprint density at radius 1 is 0.292 bits per heavy atom. The second-order valence-electron chi connectivity index (χ2n) is 16.4. The Bertz CT molecular complexity index is 3090. The minimum absolute atomic E-state index is 0.283. The lowest BCUT2D eigenvalue weighted by molar-refractivity contribution is 0.768. The van der Waals surface area contributed by atoms with E-state index in [-0.39, 0.29) is 10.8 Å². The lowest BCUT2D eigenvalue weighted by Gasteiger charge is -2.33. The first-order valence-electron chi connectivity index (χ1n) is 22.1. The van der Waals surface area contributed by atoms with Gasteiger partial charge in [0.25, 0.3) is 0 Å². The van der Waals surface area contributed by atoms with E-state index in [1.165, 1.54) is 66.8 Å². The molecule has 65 heavy (non-hydrogen) atoms. The van der Waals surface area contributed by atoms with Crippen LogP contribution < -0.4 is 11.1 Å². The summed E-state index contributed by atoms with van der Waals surface area (Å²) in [4.78, 5) is 0. The summed E-state index contributed by atoms with van der Waals surface area (Å²) < 4.78 is 1.11. The first-order valence-corrected chi connectivity index (χ1v) is 22.9. The highest BCUT2D eigenvalue weighted by molar-refractivity contribution is 9.10. The molecular formula is C62H47BrN2. The van der Waals surface area contributed by atoms with E-state index in [9.17, 15) is 0 Å². The lowest BCUT2D eigenvalue weighted by Crippen LogP contribution is -2.28. The first kappa shape index (κ1) is 41.3. The van der Waals surface area contributed by atoms with Gasteiger partial charge in [0.2, 0.25) is 0 Å². The van der Waals surface area contributed by atoms with Crippen LogP contribution >= 0.6 is 15.9 Å². The highest BCUT2D eigenvalue weighted by Crippen LogP contribution is 2.58. The third-order valence-corrected chi connectivity index (χ3v) is 13.2. The number of nitrogens with two attached hydrogens (primary N) is 1. The van der Waals surface area contributed by atoms with Gasteiger partial charge in [0.05, 0.1) is 10.8 Å². The molecule has 0 radical (unpaired) electrons. The molecule has 2 aliphatic carbocycles. The van der Waals surface area contributed by atoms with E-state index in [0.29, 0.717) is 0 Å². The van der Waals surface area contributed by atoms with Crippen LogP contribution in [0, 0.1) is 0 Å². The second-order valence-corrected chi connectivity index (χ2v) is 17.3. The lowest BCUT2D eigenvalue weighted by atomic mass is 9.68. The van der Waals surface area contributed by atoms with Crippen molar-refractivity contribution in [3.05, 3.63) is 316 Å². The van der Waals surface area contributed by atoms with Crippen LogP contribution in [0.25, 0.3) is 22.3 Å². The molecule has 2 aliphatic rings. The Kier molecular flexibility index (Phi) is 11.5. The number of anilines is 3. The van der Waals surface area contributed by atoms with Crippen LogP contribution in [0.4, 0.5) is 17.1 Å². The van der Waals surface area contributed by atoms with Crippen molar-refractivity contribution in [1.29, 1.82) is 0 Å². The van der Waals surface area contributed by atoms with Crippen LogP contribution in [-0.4, -0.2) is 0 Å². The third-order valence-electron chi connectivity index (χ3n) is 12.7. The number of para-hydroxylation sites is 2. The van der Waals surface area contributed by atoms with Crippen molar-refractivity contribution in [3.63, 3.8) is 0 Å². The van der Waals surface area contributed by atoms with E-state index < -0.39 is 0 Å². The number of halogens is 1. The van der Waals surface area contributed by atoms with Crippen molar-refractivity contribution < 1.29 is 0 Å². The van der Waals surface area contributed by atoms with Gasteiger partial charge in [-0.15, -0.1) is 0 Å². The molecule has 0 aromatic heterocycles. The van der Waals surface area contributed by atoms with Crippen LogP contribution in [0.3, 0.4) is 0 Å². The van der Waals surface area contributed by atoms with Crippen LogP contribution in [0.5, 0.6) is 0 Å². The van der Waals surface area contributed by atoms with Crippen LogP contribution in [0.1, 0.15) is 44.5 Å². The van der Waals surface area contributed by atoms with Gasteiger partial charge in [0.15, 0.2) is 0 Å². The fourth-order valence-corrected chi connectivity index (χ4v) is 10.5. The van der Waals surface area contributed by atoms with Gasteiger partial charge in [-0.1, -0.05) is 234 Å². The predicted octanol–water partition coefficient (Wildman–Crippen LogP) is 15.9. The molecule has 312 valence electrons. The van der Waals surface area contributed by atoms with Gasteiger partial charge in [-0.05, 0) is 115 Å². The summed E-state index contributed by atoms with van der Waals surface area (Å²) in [7, 11) is 0. The molecule has 0 spiro atoms. The Morgan fingerprint density at radius 2 is 0.631 bits per heavy atom. The molecule has 10 aromatic carbocycles. The molecule has 3 heteroatoms. The van der Waals surface area contributed by atoms with Gasteiger partial charge in [-0.2, -0.15) is 0 Å². The van der Waals surface area contributed by atoms with E-state index in [4.69, 9.17) is 5.73 Å². The normalized spacial score (nSPS) is 13.0. The summed E-state index contributed by atoms with van der Waals surface area (Å²) in [5.41, 5.74) is 23.5. The van der Waals surface area contributed by atoms with Crippen molar-refractivity contribution in [1.82, 2.24) is 0 Å². The van der Waals surface area contributed by atoms with E-state index in [0.717, 1.165) is 21.5 Å². The summed E-state index contributed by atoms with van der Waals surface area (Å²) >= 11 is 3.67. The van der Waals surface area contributed by atoms with Gasteiger partial charge in [0, 0.05) is 21.5 Å². The van der Waals surface area contributed by atoms with Gasteiger partial charge in [0.1, 0.15) is 0 Å². The molecule has 0 heterocycles. The quantitative estimate of drug-likeness (QED) is 0.163. The summed E-state index contributed by atoms with van der Waals surface area (Å²) in [5.74, 6) is 0. The Labute approximate surface area is 390 Å². The van der Waals surface area contributed by atoms with E-state index in [2.05, 4.69) is 252 Å². The molecule has 12 rings (SSSR count). The molecule has 0 unspecified atom stereocenters. The number of benzene rings is 10. The highest BCUT2D eigenvalue weighted by atomic mass is 79.9. The van der Waals surface area contributed by atoms with E-state index in [1.54, 1.807) is 0 Å². The zero-order valence-corrected chi connectivity index (χ0v) is 37.4. The Hall–Kier alpha value is -7.72. The maximum atomic E-state index is 5.36. The average molecular weight is 900 g/mol. The zero-order valence-electron chi connectivity index (χ0n) is 35.9. The van der Waals surface area contributed by atoms with E-state index in [1.807, 2.05) is 36.4 Å². The zero-order chi connectivity index (χ0) is 44.1. The van der Waals surface area contributed by atoms with Crippen LogP contribution in [0.2, 0.25) is 0 Å². The molecule has 0 saturated carbocycles. The molecule has 0 amide bonds. The van der Waals surface area contributed by atoms with Crippen molar-refractivity contribution in [2.75, 3.05) is 11.1 Å². The van der Waals surface area contributed by atoms with Crippen molar-refractivity contribution in [2.24, 2.45) is 0 Å². The minimum atomic E-state index is -0.334. The number of nitrogen functional groups attached to an aromatic ring is 1. The molecule has 0 saturated heterocycles. The molecule has 0 atom stereocenters. The fraction of sp³-hybridized carbons (Fsp3) is 0.0323. The Balaban J connectivity index is 0.000000135. The SMILES string of the molecule is Brc1ccc2c(c1)-c1ccccc1C2(c1ccccc1)c1ccccc1.Nc1ccccc1.c1ccc(Nc2ccc3c(c2)-c2ccccc2C3(c2ccccc2)c2ccccc2)cc1. The molecule has 3 N–H and O–H groups in total. The fourth-order valence-electron chi connectivity index (χ4n) is 10.1. The number of nitrogens with one attached hydrogen (secondary N) is 1. The number of hydrogen-bond acceptors (Lipinski definition) is 2. The van der Waals surface area contributed by atoms with Crippen molar-refractivity contribution >= 4 is 33.0 Å². The minimum Gasteiger partial charge on any atom is -0.399 e. The average Bonchev–Trinajstić information content (AvgIpc) is 3.84. The summed E-state index contributed by atoms with van der Waals surface area (Å²) in [6.07, 6.45) is 0. The standard InChI is InChI=1S/C31H23N.C25H17Br.C6H7N/c1-4-12-23(13-5-1)31(24-14-6-2-7-15-24)29-19-11-10-18-27(29)28-22-26(20-21-30(28)31)32-25-16-8-3-9-17-25;26-20-15-16-24-22(17-20)21-13-7-8-14-23(21)25(24,18-9-3-1-4-10-18)19-11-5-2-6-12-19;7-6-4-2-1-3-5-6/h1-22,32H;1-17H;1-5H,7H2. The molecule has 0 bridgehead atoms. The Morgan fingerprint density at radius 3 is 1.05 bits per heavy atom. The molecular weight excluding hydrogens is 853 g/mol. The second kappa shape index (κ2) is 18.2. The summed E-state index contributed by atoms with van der Waals surface area (Å²) in [5, 5.41) is 3.57. The van der Waals surface area contributed by atoms with E-state index >= 15 is 0 Å². The van der Waals surface area contributed by atoms with Crippen LogP contribution in [0.15, 0.2) is 271 Å². The first-order chi connectivity index (χ1) is 32.1. The highest BCUT2D eigenvalue weighted by Gasteiger charge is 2.47. The number of rotatable bonds is 6. The largest absolute Gasteiger partial charge is 0.399 e. The monoisotopic (exact) mass is 898 g/mol. The summed E-state index contributed by atoms with van der Waals surface area (Å²) in [6, 6.07) is 94.5. The molecule has 10 aromatic rings.